The van der Waals surface area contributed by atoms with Gasteiger partial charge in [0, 0.05) is 21.9 Å². The first-order valence-corrected chi connectivity index (χ1v) is 10.1. The van der Waals surface area contributed by atoms with Gasteiger partial charge in [0.15, 0.2) is 5.78 Å². The number of hydrogen-bond donors (Lipinski definition) is 1. The highest BCUT2D eigenvalue weighted by Crippen LogP contribution is 2.27. The third-order valence-corrected chi connectivity index (χ3v) is 6.54. The number of carbonyl (C=O) groups is 1. The van der Waals surface area contributed by atoms with Gasteiger partial charge in [-0.05, 0) is 23.6 Å². The smallest absolute Gasteiger partial charge is 0.240 e. The number of nitrogens with one attached hydrogen (secondary N) is 1. The minimum absolute atomic E-state index is 0.229. The van der Waals surface area contributed by atoms with E-state index in [4.69, 9.17) is 11.6 Å². The van der Waals surface area contributed by atoms with E-state index in [1.807, 2.05) is 6.07 Å². The molecular weight excluding hydrogens is 366 g/mol. The molecular formula is C17H14ClNO3S2. The number of halogens is 1. The molecule has 2 aromatic carbocycles. The van der Waals surface area contributed by atoms with E-state index in [1.165, 1.54) is 23.9 Å². The van der Waals surface area contributed by atoms with Crippen LogP contribution < -0.4 is 4.72 Å². The summed E-state index contributed by atoms with van der Waals surface area (Å²) < 4.78 is 27.5. The monoisotopic (exact) mass is 379 g/mol. The van der Waals surface area contributed by atoms with Crippen molar-refractivity contribution in [2.45, 2.75) is 5.25 Å². The Morgan fingerprint density at radius 1 is 1.17 bits per heavy atom. The van der Waals surface area contributed by atoms with E-state index < -0.39 is 15.3 Å². The predicted octanol–water partition coefficient (Wildman–Crippen LogP) is 3.94. The second kappa shape index (κ2) is 7.01. The summed E-state index contributed by atoms with van der Waals surface area (Å²) >= 11 is 7.44. The lowest BCUT2D eigenvalue weighted by atomic mass is 10.0. The van der Waals surface area contributed by atoms with Gasteiger partial charge in [0.2, 0.25) is 10.0 Å². The van der Waals surface area contributed by atoms with Gasteiger partial charge in [0.05, 0.1) is 5.69 Å². The van der Waals surface area contributed by atoms with Crippen LogP contribution in [-0.2, 0) is 10.0 Å². The van der Waals surface area contributed by atoms with E-state index >= 15 is 0 Å². The van der Waals surface area contributed by atoms with Gasteiger partial charge < -0.3 is 0 Å². The molecule has 0 saturated heterocycles. The van der Waals surface area contributed by atoms with Crippen LogP contribution in [0, 0.1) is 0 Å². The molecule has 124 valence electrons. The highest BCUT2D eigenvalue weighted by molar-refractivity contribution is 8.04. The second-order valence-electron chi connectivity index (χ2n) is 5.23. The summed E-state index contributed by atoms with van der Waals surface area (Å²) in [5.41, 5.74) is 0.932. The lowest BCUT2D eigenvalue weighted by Crippen LogP contribution is -2.27. The fourth-order valence-electron chi connectivity index (χ4n) is 2.31. The molecule has 7 heteroatoms. The molecule has 1 atom stereocenters. The maximum Gasteiger partial charge on any atom is 0.240 e. The van der Waals surface area contributed by atoms with E-state index in [1.54, 1.807) is 41.8 Å². The number of thioether (sulfide) groups is 1. The summed E-state index contributed by atoms with van der Waals surface area (Å²) in [5, 5.41) is 1.52. The van der Waals surface area contributed by atoms with Crippen molar-refractivity contribution in [1.82, 2.24) is 0 Å². The minimum Gasteiger partial charge on any atom is -0.289 e. The summed E-state index contributed by atoms with van der Waals surface area (Å²) in [7, 11) is -3.62. The molecule has 24 heavy (non-hydrogen) atoms. The Morgan fingerprint density at radius 2 is 1.92 bits per heavy atom. The van der Waals surface area contributed by atoms with Crippen LogP contribution in [0.4, 0.5) is 5.69 Å². The Hall–Kier alpha value is -1.76. The zero-order valence-corrected chi connectivity index (χ0v) is 14.9. The van der Waals surface area contributed by atoms with Gasteiger partial charge >= 0.3 is 0 Å². The molecule has 4 nitrogen and oxygen atoms in total. The zero-order valence-electron chi connectivity index (χ0n) is 12.5. The van der Waals surface area contributed by atoms with Gasteiger partial charge in [-0.2, -0.15) is 0 Å². The normalized spacial score (nSPS) is 17.0. The van der Waals surface area contributed by atoms with E-state index in [0.29, 0.717) is 16.3 Å². The van der Waals surface area contributed by atoms with E-state index in [-0.39, 0.29) is 17.0 Å². The van der Waals surface area contributed by atoms with Crippen LogP contribution in [0.15, 0.2) is 60.0 Å². The van der Waals surface area contributed by atoms with Crippen molar-refractivity contribution in [2.24, 2.45) is 0 Å². The molecule has 0 bridgehead atoms. The summed E-state index contributed by atoms with van der Waals surface area (Å²) in [6, 6.07) is 13.2. The Morgan fingerprint density at radius 3 is 2.58 bits per heavy atom. The molecule has 0 fully saturated rings. The fourth-order valence-corrected chi connectivity index (χ4v) is 5.17. The lowest BCUT2D eigenvalue weighted by Gasteiger charge is -2.15. The number of anilines is 1. The van der Waals surface area contributed by atoms with Crippen LogP contribution in [0.1, 0.15) is 15.9 Å². The molecule has 0 saturated carbocycles. The molecule has 0 aliphatic carbocycles. The van der Waals surface area contributed by atoms with Gasteiger partial charge in [-0.3, -0.25) is 9.52 Å². The molecule has 0 aromatic heterocycles. The van der Waals surface area contributed by atoms with Crippen molar-refractivity contribution in [3.63, 3.8) is 0 Å². The maximum atomic E-state index is 12.7. The van der Waals surface area contributed by atoms with Crippen molar-refractivity contribution in [2.75, 3.05) is 10.5 Å². The van der Waals surface area contributed by atoms with Gasteiger partial charge in [0.1, 0.15) is 5.25 Å². The Labute approximate surface area is 150 Å². The SMILES string of the molecule is O=C(c1ccccc1)c1cc(Cl)ccc1NS(=O)(=O)C1C=CSC1. The number of rotatable bonds is 5. The lowest BCUT2D eigenvalue weighted by molar-refractivity contribution is 0.103. The number of sulfonamides is 1. The molecule has 1 aliphatic rings. The van der Waals surface area contributed by atoms with Crippen molar-refractivity contribution in [1.29, 1.82) is 0 Å². The molecule has 1 aliphatic heterocycles. The highest BCUT2D eigenvalue weighted by Gasteiger charge is 2.27. The van der Waals surface area contributed by atoms with Crippen molar-refractivity contribution in [3.8, 4) is 0 Å². The van der Waals surface area contributed by atoms with Crippen LogP contribution in [0.25, 0.3) is 0 Å². The molecule has 0 spiro atoms. The third kappa shape index (κ3) is 3.66. The molecule has 0 amide bonds. The Bertz CT molecular complexity index is 895. The Balaban J connectivity index is 1.97. The topological polar surface area (TPSA) is 63.2 Å². The first-order chi connectivity index (χ1) is 11.5. The van der Waals surface area contributed by atoms with Crippen LogP contribution in [0.5, 0.6) is 0 Å². The molecule has 2 aromatic rings. The van der Waals surface area contributed by atoms with Gasteiger partial charge in [-0.15, -0.1) is 11.8 Å². The highest BCUT2D eigenvalue weighted by atomic mass is 35.5. The Kier molecular flexibility index (Phi) is 4.99. The van der Waals surface area contributed by atoms with Crippen LogP contribution >= 0.6 is 23.4 Å². The van der Waals surface area contributed by atoms with Gasteiger partial charge in [-0.25, -0.2) is 8.42 Å². The zero-order chi connectivity index (χ0) is 17.2. The standard InChI is InChI=1S/C17H14ClNO3S2/c18-13-6-7-16(19-24(21,22)14-8-9-23-11-14)15(10-13)17(20)12-4-2-1-3-5-12/h1-10,14,19H,11H2. The quantitative estimate of drug-likeness (QED) is 0.799. The number of ketones is 1. The molecule has 0 radical (unpaired) electrons. The van der Waals surface area contributed by atoms with Crippen LogP contribution in [0.3, 0.4) is 0 Å². The van der Waals surface area contributed by atoms with Gasteiger partial charge in [-0.1, -0.05) is 48.0 Å². The third-order valence-electron chi connectivity index (χ3n) is 3.56. The molecule has 1 N–H and O–H groups in total. The van der Waals surface area contributed by atoms with Gasteiger partial charge in [0.25, 0.3) is 0 Å². The van der Waals surface area contributed by atoms with E-state index in [2.05, 4.69) is 4.72 Å². The molecule has 3 rings (SSSR count). The van der Waals surface area contributed by atoms with Crippen LogP contribution in [0.2, 0.25) is 5.02 Å². The average molecular weight is 380 g/mol. The summed E-state index contributed by atoms with van der Waals surface area (Å²) in [5.74, 6) is 0.178. The summed E-state index contributed by atoms with van der Waals surface area (Å²) in [4.78, 5) is 12.7. The van der Waals surface area contributed by atoms with Crippen molar-refractivity contribution in [3.05, 3.63) is 76.2 Å². The molecule has 1 heterocycles. The first-order valence-electron chi connectivity index (χ1n) is 7.16. The predicted molar refractivity (Wildman–Crippen MR) is 99.3 cm³/mol. The number of hydrogen-bond acceptors (Lipinski definition) is 4. The largest absolute Gasteiger partial charge is 0.289 e. The van der Waals surface area contributed by atoms with E-state index in [0.717, 1.165) is 0 Å². The van der Waals surface area contributed by atoms with E-state index in [9.17, 15) is 13.2 Å². The molecule has 1 unspecified atom stereocenters. The first kappa shape index (κ1) is 17.1. The van der Waals surface area contributed by atoms with Crippen molar-refractivity contribution >= 4 is 44.9 Å². The second-order valence-corrected chi connectivity index (χ2v) is 8.51. The minimum atomic E-state index is -3.62. The number of benzene rings is 2. The van der Waals surface area contributed by atoms with Crippen molar-refractivity contribution < 1.29 is 13.2 Å². The fraction of sp³-hybridized carbons (Fsp3) is 0.118. The maximum absolute atomic E-state index is 12.7. The summed E-state index contributed by atoms with van der Waals surface area (Å²) in [6.07, 6.45) is 1.64. The number of carbonyl (C=O) groups excluding carboxylic acids is 1. The summed E-state index contributed by atoms with van der Waals surface area (Å²) in [6.45, 7) is 0. The van der Waals surface area contributed by atoms with Crippen LogP contribution in [-0.4, -0.2) is 25.2 Å². The average Bonchev–Trinajstić information content (AvgIpc) is 3.12.